The molecule has 0 saturated heterocycles. The highest BCUT2D eigenvalue weighted by Gasteiger charge is 2.29. The molecular formula is C11H16BrN3O. The lowest BCUT2D eigenvalue weighted by Gasteiger charge is -2.22. The maximum absolute atomic E-state index is 5.17. The van der Waals surface area contributed by atoms with Gasteiger partial charge in [-0.25, -0.2) is 4.98 Å². The van der Waals surface area contributed by atoms with Gasteiger partial charge in [-0.1, -0.05) is 15.9 Å². The molecule has 0 N–H and O–H groups in total. The van der Waals surface area contributed by atoms with Crippen LogP contribution in [0.3, 0.4) is 0 Å². The molecule has 0 aromatic carbocycles. The van der Waals surface area contributed by atoms with E-state index in [1.165, 1.54) is 12.8 Å². The van der Waals surface area contributed by atoms with Crippen LogP contribution in [0.25, 0.3) is 0 Å². The average molecular weight is 286 g/mol. The Morgan fingerprint density at radius 1 is 1.50 bits per heavy atom. The summed E-state index contributed by atoms with van der Waals surface area (Å²) < 4.78 is 5.17. The van der Waals surface area contributed by atoms with E-state index in [0.29, 0.717) is 11.9 Å². The van der Waals surface area contributed by atoms with Gasteiger partial charge in [-0.2, -0.15) is 4.98 Å². The summed E-state index contributed by atoms with van der Waals surface area (Å²) in [4.78, 5) is 11.0. The molecule has 1 fully saturated rings. The number of anilines is 1. The van der Waals surface area contributed by atoms with Crippen LogP contribution >= 0.6 is 15.9 Å². The van der Waals surface area contributed by atoms with Gasteiger partial charge in [-0.15, -0.1) is 0 Å². The molecule has 4 nitrogen and oxygen atoms in total. The summed E-state index contributed by atoms with van der Waals surface area (Å²) in [7, 11) is 1.64. The van der Waals surface area contributed by atoms with Gasteiger partial charge in [0.1, 0.15) is 11.6 Å². The SMILES string of the molecule is COc1cc(N(CCBr)C2CC2)nc(C)n1. The first-order valence-electron chi connectivity index (χ1n) is 5.47. The number of alkyl halides is 1. The maximum atomic E-state index is 5.17. The third-order valence-corrected chi connectivity index (χ3v) is 2.97. The second kappa shape index (κ2) is 4.99. The van der Waals surface area contributed by atoms with E-state index >= 15 is 0 Å². The van der Waals surface area contributed by atoms with E-state index in [2.05, 4.69) is 30.8 Å². The Hall–Kier alpha value is -0.840. The molecule has 0 bridgehead atoms. The monoisotopic (exact) mass is 285 g/mol. The number of hydrogen-bond donors (Lipinski definition) is 0. The number of rotatable bonds is 5. The van der Waals surface area contributed by atoms with E-state index in [-0.39, 0.29) is 0 Å². The second-order valence-electron chi connectivity index (χ2n) is 3.93. The Labute approximate surface area is 104 Å². The van der Waals surface area contributed by atoms with Crippen LogP contribution in [0.1, 0.15) is 18.7 Å². The second-order valence-corrected chi connectivity index (χ2v) is 4.72. The third kappa shape index (κ3) is 2.64. The molecule has 0 spiro atoms. The number of aryl methyl sites for hydroxylation is 1. The van der Waals surface area contributed by atoms with Crippen LogP contribution in [0.2, 0.25) is 0 Å². The van der Waals surface area contributed by atoms with E-state index in [1.807, 2.05) is 13.0 Å². The lowest BCUT2D eigenvalue weighted by atomic mass is 10.4. The summed E-state index contributed by atoms with van der Waals surface area (Å²) in [6, 6.07) is 2.56. The number of nitrogens with zero attached hydrogens (tertiary/aromatic N) is 3. The number of methoxy groups -OCH3 is 1. The minimum atomic E-state index is 0.641. The Morgan fingerprint density at radius 3 is 2.81 bits per heavy atom. The van der Waals surface area contributed by atoms with E-state index in [9.17, 15) is 0 Å². The summed E-state index contributed by atoms with van der Waals surface area (Å²) in [5.74, 6) is 2.38. The fraction of sp³-hybridized carbons (Fsp3) is 0.636. The van der Waals surface area contributed by atoms with Gasteiger partial charge < -0.3 is 9.64 Å². The molecule has 1 aromatic rings. The highest BCUT2D eigenvalue weighted by atomic mass is 79.9. The van der Waals surface area contributed by atoms with Gasteiger partial charge in [0.2, 0.25) is 5.88 Å². The molecule has 1 aromatic heterocycles. The van der Waals surface area contributed by atoms with Gasteiger partial charge in [0.15, 0.2) is 0 Å². The number of hydrogen-bond acceptors (Lipinski definition) is 4. The highest BCUT2D eigenvalue weighted by molar-refractivity contribution is 9.09. The highest BCUT2D eigenvalue weighted by Crippen LogP contribution is 2.31. The molecule has 0 radical (unpaired) electrons. The topological polar surface area (TPSA) is 38.2 Å². The van der Waals surface area contributed by atoms with Crippen molar-refractivity contribution in [1.82, 2.24) is 9.97 Å². The normalized spacial score (nSPS) is 14.9. The summed E-state index contributed by atoms with van der Waals surface area (Å²) >= 11 is 3.48. The van der Waals surface area contributed by atoms with Crippen molar-refractivity contribution < 1.29 is 4.74 Å². The third-order valence-electron chi connectivity index (χ3n) is 2.62. The maximum Gasteiger partial charge on any atom is 0.218 e. The molecule has 5 heteroatoms. The van der Waals surface area contributed by atoms with Crippen LogP contribution in [0.15, 0.2) is 6.07 Å². The van der Waals surface area contributed by atoms with Crippen LogP contribution in [0, 0.1) is 6.92 Å². The zero-order valence-electron chi connectivity index (χ0n) is 9.61. The van der Waals surface area contributed by atoms with Crippen molar-refractivity contribution in [3.05, 3.63) is 11.9 Å². The van der Waals surface area contributed by atoms with Gasteiger partial charge in [0.25, 0.3) is 0 Å². The molecule has 0 amide bonds. The Morgan fingerprint density at radius 2 is 2.25 bits per heavy atom. The quantitative estimate of drug-likeness (QED) is 0.777. The Balaban J connectivity index is 2.25. The lowest BCUT2D eigenvalue weighted by molar-refractivity contribution is 0.395. The molecule has 1 heterocycles. The van der Waals surface area contributed by atoms with Gasteiger partial charge in [-0.05, 0) is 19.8 Å². The number of halogens is 1. The van der Waals surface area contributed by atoms with Crippen molar-refractivity contribution in [2.24, 2.45) is 0 Å². The molecule has 0 atom stereocenters. The van der Waals surface area contributed by atoms with Crippen molar-refractivity contribution in [3.63, 3.8) is 0 Å². The molecular weight excluding hydrogens is 270 g/mol. The van der Waals surface area contributed by atoms with Crippen molar-refractivity contribution in [2.45, 2.75) is 25.8 Å². The van der Waals surface area contributed by atoms with E-state index in [0.717, 1.165) is 23.5 Å². The van der Waals surface area contributed by atoms with E-state index in [4.69, 9.17) is 4.74 Å². The van der Waals surface area contributed by atoms with Crippen molar-refractivity contribution in [3.8, 4) is 5.88 Å². The predicted octanol–water partition coefficient (Wildman–Crippen LogP) is 2.16. The number of aromatic nitrogens is 2. The molecule has 88 valence electrons. The largest absolute Gasteiger partial charge is 0.481 e. The standard InChI is InChI=1S/C11H16BrN3O/c1-8-13-10(7-11(14-8)16-2)15(6-5-12)9-3-4-9/h7,9H,3-6H2,1-2H3. The molecule has 1 aliphatic carbocycles. The molecule has 0 aliphatic heterocycles. The summed E-state index contributed by atoms with van der Waals surface area (Å²) in [5.41, 5.74) is 0. The smallest absolute Gasteiger partial charge is 0.218 e. The molecule has 0 unspecified atom stereocenters. The average Bonchev–Trinajstić information content (AvgIpc) is 3.08. The van der Waals surface area contributed by atoms with Gasteiger partial charge in [0.05, 0.1) is 7.11 Å². The van der Waals surface area contributed by atoms with Crippen LogP contribution in [-0.4, -0.2) is 35.0 Å². The van der Waals surface area contributed by atoms with Crippen molar-refractivity contribution in [1.29, 1.82) is 0 Å². The fourth-order valence-electron chi connectivity index (χ4n) is 1.74. The molecule has 16 heavy (non-hydrogen) atoms. The van der Waals surface area contributed by atoms with Crippen LogP contribution < -0.4 is 9.64 Å². The van der Waals surface area contributed by atoms with Crippen molar-refractivity contribution >= 4 is 21.7 Å². The predicted molar refractivity (Wildman–Crippen MR) is 67.5 cm³/mol. The summed E-state index contributed by atoms with van der Waals surface area (Å²) in [6.45, 7) is 2.87. The van der Waals surface area contributed by atoms with Crippen LogP contribution in [0.4, 0.5) is 5.82 Å². The molecule has 1 saturated carbocycles. The first kappa shape index (κ1) is 11.6. The summed E-state index contributed by atoms with van der Waals surface area (Å²) in [6.07, 6.45) is 2.52. The number of ether oxygens (including phenoxy) is 1. The minimum Gasteiger partial charge on any atom is -0.481 e. The van der Waals surface area contributed by atoms with Gasteiger partial charge >= 0.3 is 0 Å². The molecule has 1 aliphatic rings. The molecule has 2 rings (SSSR count). The Bertz CT molecular complexity index is 368. The zero-order valence-corrected chi connectivity index (χ0v) is 11.2. The summed E-state index contributed by atoms with van der Waals surface area (Å²) in [5, 5.41) is 0.953. The fourth-order valence-corrected chi connectivity index (χ4v) is 2.12. The first-order chi connectivity index (χ1) is 7.74. The van der Waals surface area contributed by atoms with Gasteiger partial charge in [0, 0.05) is 24.0 Å². The minimum absolute atomic E-state index is 0.641. The van der Waals surface area contributed by atoms with Crippen molar-refractivity contribution in [2.75, 3.05) is 23.9 Å². The van der Waals surface area contributed by atoms with Crippen LogP contribution in [-0.2, 0) is 0 Å². The lowest BCUT2D eigenvalue weighted by Crippen LogP contribution is -2.28. The Kier molecular flexibility index (Phi) is 3.63. The van der Waals surface area contributed by atoms with E-state index < -0.39 is 0 Å². The first-order valence-corrected chi connectivity index (χ1v) is 6.59. The van der Waals surface area contributed by atoms with Gasteiger partial charge in [-0.3, -0.25) is 0 Å². The van der Waals surface area contributed by atoms with Crippen LogP contribution in [0.5, 0.6) is 5.88 Å². The van der Waals surface area contributed by atoms with E-state index in [1.54, 1.807) is 7.11 Å². The zero-order chi connectivity index (χ0) is 11.5.